The Kier molecular flexibility index (Phi) is 4.65. The highest BCUT2D eigenvalue weighted by atomic mass is 19.4. The average Bonchev–Trinajstić information content (AvgIpc) is 2.47. The van der Waals surface area contributed by atoms with Crippen LogP contribution in [0.4, 0.5) is 23.7 Å². The fourth-order valence-corrected chi connectivity index (χ4v) is 1.93. The summed E-state index contributed by atoms with van der Waals surface area (Å²) in [7, 11) is 0. The molecule has 7 heteroatoms. The second-order valence-electron chi connectivity index (χ2n) is 4.64. The first-order valence-electron chi connectivity index (χ1n) is 6.51. The van der Waals surface area contributed by atoms with Crippen molar-refractivity contribution in [1.82, 2.24) is 10.3 Å². The maximum absolute atomic E-state index is 12.8. The predicted octanol–water partition coefficient (Wildman–Crippen LogP) is 3.98. The Morgan fingerprint density at radius 1 is 1.14 bits per heavy atom. The van der Waals surface area contributed by atoms with Gasteiger partial charge in [-0.15, -0.1) is 0 Å². The first-order valence-corrected chi connectivity index (χ1v) is 6.51. The number of aromatic nitrogens is 1. The predicted molar refractivity (Wildman–Crippen MR) is 76.3 cm³/mol. The standard InChI is InChI=1S/C15H14F3N3O/c1-10(11-6-8-19-9-7-11)20-14(22)21-13-5-3-2-4-12(13)15(16,17)18/h2-10H,1H3,(H2,20,21,22). The molecular weight excluding hydrogens is 295 g/mol. The van der Waals surface area contributed by atoms with E-state index in [-0.39, 0.29) is 11.7 Å². The van der Waals surface area contributed by atoms with Gasteiger partial charge in [0.25, 0.3) is 0 Å². The number of benzene rings is 1. The summed E-state index contributed by atoms with van der Waals surface area (Å²) in [4.78, 5) is 15.7. The zero-order valence-electron chi connectivity index (χ0n) is 11.7. The number of carbonyl (C=O) groups excluding carboxylic acids is 1. The van der Waals surface area contributed by atoms with Gasteiger partial charge >= 0.3 is 12.2 Å². The fourth-order valence-electron chi connectivity index (χ4n) is 1.93. The highest BCUT2D eigenvalue weighted by Gasteiger charge is 2.33. The van der Waals surface area contributed by atoms with Gasteiger partial charge in [0.15, 0.2) is 0 Å². The number of urea groups is 1. The highest BCUT2D eigenvalue weighted by Crippen LogP contribution is 2.34. The van der Waals surface area contributed by atoms with Crippen LogP contribution in [0.2, 0.25) is 0 Å². The molecule has 0 radical (unpaired) electrons. The Morgan fingerprint density at radius 2 is 1.77 bits per heavy atom. The second kappa shape index (κ2) is 6.46. The average molecular weight is 309 g/mol. The van der Waals surface area contributed by atoms with E-state index in [2.05, 4.69) is 15.6 Å². The van der Waals surface area contributed by atoms with Crippen molar-refractivity contribution in [2.75, 3.05) is 5.32 Å². The Bertz CT molecular complexity index is 644. The third-order valence-corrected chi connectivity index (χ3v) is 3.03. The zero-order chi connectivity index (χ0) is 16.2. The molecule has 2 rings (SSSR count). The summed E-state index contributed by atoms with van der Waals surface area (Å²) < 4.78 is 38.5. The minimum Gasteiger partial charge on any atom is -0.331 e. The molecule has 0 fully saturated rings. The molecule has 2 amide bonds. The first-order chi connectivity index (χ1) is 10.4. The van der Waals surface area contributed by atoms with Gasteiger partial charge in [0.05, 0.1) is 17.3 Å². The van der Waals surface area contributed by atoms with Crippen molar-refractivity contribution in [3.05, 3.63) is 59.9 Å². The van der Waals surface area contributed by atoms with Crippen LogP contribution in [0, 0.1) is 0 Å². The van der Waals surface area contributed by atoms with E-state index in [9.17, 15) is 18.0 Å². The number of rotatable bonds is 3. The second-order valence-corrected chi connectivity index (χ2v) is 4.64. The van der Waals surface area contributed by atoms with E-state index in [4.69, 9.17) is 0 Å². The smallest absolute Gasteiger partial charge is 0.331 e. The van der Waals surface area contributed by atoms with E-state index < -0.39 is 17.8 Å². The number of hydrogen-bond acceptors (Lipinski definition) is 2. The molecule has 0 spiro atoms. The zero-order valence-corrected chi connectivity index (χ0v) is 11.7. The molecule has 0 aliphatic rings. The van der Waals surface area contributed by atoms with Gasteiger partial charge in [-0.05, 0) is 36.8 Å². The molecule has 1 unspecified atom stereocenters. The maximum Gasteiger partial charge on any atom is 0.418 e. The van der Waals surface area contributed by atoms with E-state index in [1.54, 1.807) is 31.5 Å². The molecule has 0 aliphatic carbocycles. The fraction of sp³-hybridized carbons (Fsp3) is 0.200. The maximum atomic E-state index is 12.8. The van der Waals surface area contributed by atoms with Crippen molar-refractivity contribution in [1.29, 1.82) is 0 Å². The van der Waals surface area contributed by atoms with E-state index >= 15 is 0 Å². The molecule has 1 heterocycles. The minimum atomic E-state index is -4.53. The lowest BCUT2D eigenvalue weighted by atomic mass is 10.1. The van der Waals surface area contributed by atoms with Gasteiger partial charge in [-0.3, -0.25) is 4.98 Å². The van der Waals surface area contributed by atoms with E-state index in [1.165, 1.54) is 18.2 Å². The van der Waals surface area contributed by atoms with Gasteiger partial charge in [-0.2, -0.15) is 13.2 Å². The quantitative estimate of drug-likeness (QED) is 0.901. The molecule has 0 saturated carbocycles. The van der Waals surface area contributed by atoms with Crippen LogP contribution in [-0.4, -0.2) is 11.0 Å². The summed E-state index contributed by atoms with van der Waals surface area (Å²) >= 11 is 0. The number of carbonyl (C=O) groups is 1. The summed E-state index contributed by atoms with van der Waals surface area (Å²) in [6.07, 6.45) is -1.38. The van der Waals surface area contributed by atoms with Gasteiger partial charge in [-0.25, -0.2) is 4.79 Å². The largest absolute Gasteiger partial charge is 0.418 e. The summed E-state index contributed by atoms with van der Waals surface area (Å²) in [5.41, 5.74) is -0.370. The number of amides is 2. The lowest BCUT2D eigenvalue weighted by Gasteiger charge is -2.17. The number of hydrogen-bond donors (Lipinski definition) is 2. The summed E-state index contributed by atoms with van der Waals surface area (Å²) in [5, 5.41) is 4.81. The van der Waals surface area contributed by atoms with Gasteiger partial charge < -0.3 is 10.6 Å². The molecule has 0 aliphatic heterocycles. The third-order valence-electron chi connectivity index (χ3n) is 3.03. The summed E-state index contributed by atoms with van der Waals surface area (Å²) in [5.74, 6) is 0. The molecule has 1 aromatic heterocycles. The Balaban J connectivity index is 2.07. The topological polar surface area (TPSA) is 54.0 Å². The van der Waals surface area contributed by atoms with E-state index in [0.717, 1.165) is 11.6 Å². The number of nitrogens with one attached hydrogen (secondary N) is 2. The van der Waals surface area contributed by atoms with Crippen molar-refractivity contribution in [2.45, 2.75) is 19.1 Å². The van der Waals surface area contributed by atoms with Crippen LogP contribution in [0.15, 0.2) is 48.8 Å². The van der Waals surface area contributed by atoms with Gasteiger partial charge in [0.1, 0.15) is 0 Å². The number of pyridine rings is 1. The molecule has 22 heavy (non-hydrogen) atoms. The molecule has 2 N–H and O–H groups in total. The molecule has 1 atom stereocenters. The van der Waals surface area contributed by atoms with Gasteiger partial charge in [-0.1, -0.05) is 12.1 Å². The third kappa shape index (κ3) is 3.97. The number of halogens is 3. The molecule has 116 valence electrons. The van der Waals surface area contributed by atoms with Crippen molar-refractivity contribution in [3.63, 3.8) is 0 Å². The molecule has 0 saturated heterocycles. The molecule has 1 aromatic carbocycles. The van der Waals surface area contributed by atoms with Crippen LogP contribution >= 0.6 is 0 Å². The van der Waals surface area contributed by atoms with Crippen LogP contribution in [-0.2, 0) is 6.18 Å². The molecule has 4 nitrogen and oxygen atoms in total. The SMILES string of the molecule is CC(NC(=O)Nc1ccccc1C(F)(F)F)c1ccncc1. The lowest BCUT2D eigenvalue weighted by molar-refractivity contribution is -0.136. The Labute approximate surface area is 125 Å². The van der Waals surface area contributed by atoms with Crippen molar-refractivity contribution in [2.24, 2.45) is 0 Å². The lowest BCUT2D eigenvalue weighted by Crippen LogP contribution is -2.31. The molecular formula is C15H14F3N3O. The van der Waals surface area contributed by atoms with Crippen molar-refractivity contribution in [3.8, 4) is 0 Å². The summed E-state index contributed by atoms with van der Waals surface area (Å²) in [6.45, 7) is 1.73. The van der Waals surface area contributed by atoms with Crippen LogP contribution in [0.1, 0.15) is 24.1 Å². The van der Waals surface area contributed by atoms with Crippen LogP contribution in [0.5, 0.6) is 0 Å². The van der Waals surface area contributed by atoms with Crippen molar-refractivity contribution < 1.29 is 18.0 Å². The van der Waals surface area contributed by atoms with E-state index in [0.29, 0.717) is 0 Å². The van der Waals surface area contributed by atoms with Crippen LogP contribution in [0.25, 0.3) is 0 Å². The number of alkyl halides is 3. The Morgan fingerprint density at radius 3 is 2.41 bits per heavy atom. The minimum absolute atomic E-state index is 0.283. The Hall–Kier alpha value is -2.57. The first kappa shape index (κ1) is 15.8. The molecule has 0 bridgehead atoms. The van der Waals surface area contributed by atoms with Crippen molar-refractivity contribution >= 4 is 11.7 Å². The van der Waals surface area contributed by atoms with Crippen LogP contribution in [0.3, 0.4) is 0 Å². The number of para-hydroxylation sites is 1. The van der Waals surface area contributed by atoms with Gasteiger partial charge in [0.2, 0.25) is 0 Å². The van der Waals surface area contributed by atoms with E-state index in [1.807, 2.05) is 0 Å². The monoisotopic (exact) mass is 309 g/mol. The summed E-state index contributed by atoms with van der Waals surface area (Å²) in [6, 6.07) is 7.19. The normalized spacial score (nSPS) is 12.5. The molecule has 2 aromatic rings. The highest BCUT2D eigenvalue weighted by molar-refractivity contribution is 5.90. The van der Waals surface area contributed by atoms with Crippen LogP contribution < -0.4 is 10.6 Å². The van der Waals surface area contributed by atoms with Gasteiger partial charge in [0, 0.05) is 12.4 Å². The number of anilines is 1. The number of nitrogens with zero attached hydrogens (tertiary/aromatic N) is 1.